The Morgan fingerprint density at radius 2 is 0.736 bits per heavy atom. The van der Waals surface area contributed by atoms with Crippen molar-refractivity contribution in [3.05, 3.63) is 59.7 Å². The Labute approximate surface area is 325 Å². The van der Waals surface area contributed by atoms with Gasteiger partial charge in [0.05, 0.1) is 0 Å². The highest BCUT2D eigenvalue weighted by Gasteiger charge is 2.08. The summed E-state index contributed by atoms with van der Waals surface area (Å²) in [4.78, 5) is 30.2. The molecule has 0 unspecified atom stereocenters. The van der Waals surface area contributed by atoms with Gasteiger partial charge in [-0.25, -0.2) is 9.59 Å². The first-order valence-corrected chi connectivity index (χ1v) is 21.7. The number of nitrogens with one attached hydrogen (secondary N) is 4. The Balaban J connectivity index is 1.64. The first-order valence-electron chi connectivity index (χ1n) is 21.7. The summed E-state index contributed by atoms with van der Waals surface area (Å²) >= 11 is 0. The molecule has 0 aliphatic carbocycles. The van der Waals surface area contributed by atoms with Gasteiger partial charge in [-0.15, -0.1) is 0 Å². The van der Waals surface area contributed by atoms with Crippen molar-refractivity contribution < 1.29 is 9.59 Å². The van der Waals surface area contributed by atoms with Gasteiger partial charge < -0.3 is 31.1 Å². The predicted molar refractivity (Wildman–Crippen MR) is 228 cm³/mol. The van der Waals surface area contributed by atoms with Crippen LogP contribution < -0.4 is 21.3 Å². The molecule has 53 heavy (non-hydrogen) atoms. The van der Waals surface area contributed by atoms with Gasteiger partial charge in [0.25, 0.3) is 0 Å². The predicted octanol–water partition coefficient (Wildman–Crippen LogP) is 11.2. The zero-order chi connectivity index (χ0) is 38.2. The Hall–Kier alpha value is -3.10. The van der Waals surface area contributed by atoms with Crippen LogP contribution in [0.1, 0.15) is 154 Å². The molecule has 2 aromatic carbocycles. The Morgan fingerprint density at radius 3 is 1.11 bits per heavy atom. The fourth-order valence-corrected chi connectivity index (χ4v) is 6.67. The molecule has 0 spiro atoms. The molecule has 4 N–H and O–H groups in total. The van der Waals surface area contributed by atoms with Crippen LogP contribution in [-0.2, 0) is 6.42 Å². The van der Waals surface area contributed by atoms with Gasteiger partial charge in [0, 0.05) is 24.5 Å². The monoisotopic (exact) mass is 735 g/mol. The Morgan fingerprint density at radius 1 is 0.415 bits per heavy atom. The van der Waals surface area contributed by atoms with E-state index in [4.69, 9.17) is 0 Å². The average Bonchev–Trinajstić information content (AvgIpc) is 3.16. The standard InChI is InChI=1S/C45H78N6O2/c1-5-9-13-15-17-19-35-50(33-11-7-3)37-21-31-46-44(52)48-42-27-23-40(24-28-42)39-41-25-29-43(30-26-41)49-45(53)47-32-22-38-51(34-12-8-4)36-20-18-16-14-10-6-2/h23-30H,5-22,31-39H2,1-4H3,(H2,46,48,52)(H2,47,49,53). The highest BCUT2D eigenvalue weighted by atomic mass is 16.2. The molecule has 0 fully saturated rings. The lowest BCUT2D eigenvalue weighted by molar-refractivity contribution is 0.245. The molecule has 0 bridgehead atoms. The number of carbonyl (C=O) groups is 2. The van der Waals surface area contributed by atoms with Gasteiger partial charge in [0.1, 0.15) is 0 Å². The fourth-order valence-electron chi connectivity index (χ4n) is 6.67. The van der Waals surface area contributed by atoms with Crippen molar-refractivity contribution in [2.45, 2.75) is 150 Å². The second-order valence-corrected chi connectivity index (χ2v) is 15.0. The van der Waals surface area contributed by atoms with Crippen molar-refractivity contribution in [1.82, 2.24) is 20.4 Å². The van der Waals surface area contributed by atoms with E-state index in [2.05, 4.69) is 83.0 Å². The van der Waals surface area contributed by atoms with Gasteiger partial charge in [0.2, 0.25) is 0 Å². The molecular weight excluding hydrogens is 657 g/mol. The minimum atomic E-state index is -0.154. The van der Waals surface area contributed by atoms with Crippen LogP contribution >= 0.6 is 0 Å². The van der Waals surface area contributed by atoms with Crippen LogP contribution in [0.5, 0.6) is 0 Å². The largest absolute Gasteiger partial charge is 0.338 e. The van der Waals surface area contributed by atoms with E-state index in [9.17, 15) is 9.59 Å². The summed E-state index contributed by atoms with van der Waals surface area (Å²) in [5.74, 6) is 0. The number of amides is 4. The Bertz CT molecular complexity index is 1080. The molecule has 0 heterocycles. The third kappa shape index (κ3) is 24.0. The third-order valence-corrected chi connectivity index (χ3v) is 10.0. The van der Waals surface area contributed by atoms with Crippen LogP contribution in [0.4, 0.5) is 21.0 Å². The normalized spacial score (nSPS) is 11.3. The highest BCUT2D eigenvalue weighted by Crippen LogP contribution is 2.16. The number of hydrogen-bond acceptors (Lipinski definition) is 4. The molecule has 4 amide bonds. The smallest absolute Gasteiger partial charge is 0.319 e. The maximum atomic E-state index is 12.5. The molecule has 300 valence electrons. The van der Waals surface area contributed by atoms with Crippen molar-refractivity contribution >= 4 is 23.4 Å². The number of nitrogens with zero attached hydrogens (tertiary/aromatic N) is 2. The van der Waals surface area contributed by atoms with Crippen LogP contribution in [0.3, 0.4) is 0 Å². The summed E-state index contributed by atoms with van der Waals surface area (Å²) in [5, 5.41) is 12.0. The zero-order valence-corrected chi connectivity index (χ0v) is 34.4. The summed E-state index contributed by atoms with van der Waals surface area (Å²) < 4.78 is 0. The molecule has 0 aliphatic heterocycles. The molecule has 0 aromatic heterocycles. The van der Waals surface area contributed by atoms with E-state index >= 15 is 0 Å². The zero-order valence-electron chi connectivity index (χ0n) is 34.4. The maximum Gasteiger partial charge on any atom is 0.319 e. The first-order chi connectivity index (χ1) is 26.0. The number of carbonyl (C=O) groups excluding carboxylic acids is 2. The molecule has 2 aromatic rings. The van der Waals surface area contributed by atoms with Gasteiger partial charge in [-0.2, -0.15) is 0 Å². The van der Waals surface area contributed by atoms with Crippen molar-refractivity contribution in [2.24, 2.45) is 0 Å². The minimum absolute atomic E-state index is 0.154. The van der Waals surface area contributed by atoms with Gasteiger partial charge in [-0.3, -0.25) is 0 Å². The number of benzene rings is 2. The maximum absolute atomic E-state index is 12.5. The second-order valence-electron chi connectivity index (χ2n) is 15.0. The van der Waals surface area contributed by atoms with E-state index in [0.29, 0.717) is 13.1 Å². The van der Waals surface area contributed by atoms with Gasteiger partial charge >= 0.3 is 12.1 Å². The van der Waals surface area contributed by atoms with Crippen LogP contribution in [0.25, 0.3) is 0 Å². The summed E-state index contributed by atoms with van der Waals surface area (Å²) in [7, 11) is 0. The molecule has 8 heteroatoms. The van der Waals surface area contributed by atoms with Crippen LogP contribution in [0.2, 0.25) is 0 Å². The average molecular weight is 735 g/mol. The highest BCUT2D eigenvalue weighted by molar-refractivity contribution is 5.89. The molecule has 8 nitrogen and oxygen atoms in total. The van der Waals surface area contributed by atoms with Crippen molar-refractivity contribution in [1.29, 1.82) is 0 Å². The molecule has 0 saturated heterocycles. The lowest BCUT2D eigenvalue weighted by Gasteiger charge is -2.22. The quantitative estimate of drug-likeness (QED) is 0.0564. The second kappa shape index (κ2) is 31.3. The van der Waals surface area contributed by atoms with Crippen molar-refractivity contribution in [3.63, 3.8) is 0 Å². The van der Waals surface area contributed by atoms with Gasteiger partial charge in [-0.1, -0.05) is 129 Å². The van der Waals surface area contributed by atoms with E-state index in [0.717, 1.165) is 67.9 Å². The lowest BCUT2D eigenvalue weighted by Crippen LogP contribution is -2.33. The van der Waals surface area contributed by atoms with E-state index < -0.39 is 0 Å². The molecule has 2 rings (SSSR count). The summed E-state index contributed by atoms with van der Waals surface area (Å²) in [6, 6.07) is 15.7. The van der Waals surface area contributed by atoms with Crippen molar-refractivity contribution in [2.75, 3.05) is 63.0 Å². The number of unbranched alkanes of at least 4 members (excludes halogenated alkanes) is 12. The minimum Gasteiger partial charge on any atom is -0.338 e. The summed E-state index contributed by atoms with van der Waals surface area (Å²) in [6.45, 7) is 17.1. The van der Waals surface area contributed by atoms with Crippen molar-refractivity contribution in [3.8, 4) is 0 Å². The van der Waals surface area contributed by atoms with Crippen LogP contribution in [0, 0.1) is 0 Å². The lowest BCUT2D eigenvalue weighted by atomic mass is 10.0. The SMILES string of the molecule is CCCCCCCCN(CCCC)CCCNC(=O)Nc1ccc(Cc2ccc(NC(=O)NCCCN(CCCC)CCCCCCCC)cc2)cc1. The van der Waals surface area contributed by atoms with E-state index in [1.54, 1.807) is 0 Å². The molecule has 0 aliphatic rings. The number of urea groups is 2. The van der Waals surface area contributed by atoms with Gasteiger partial charge in [0.15, 0.2) is 0 Å². The summed E-state index contributed by atoms with van der Waals surface area (Å²) in [6.07, 6.45) is 23.5. The molecule has 0 radical (unpaired) electrons. The molecular formula is C45H78N6O2. The number of anilines is 2. The van der Waals surface area contributed by atoms with Crippen LogP contribution in [-0.4, -0.2) is 74.2 Å². The van der Waals surface area contributed by atoms with Gasteiger partial charge in [-0.05, 0) is 120 Å². The summed E-state index contributed by atoms with van der Waals surface area (Å²) in [5.41, 5.74) is 3.90. The van der Waals surface area contributed by atoms with E-state index in [1.807, 2.05) is 24.3 Å². The fraction of sp³-hybridized carbons (Fsp3) is 0.689. The van der Waals surface area contributed by atoms with E-state index in [1.165, 1.54) is 116 Å². The Kier molecular flexibility index (Phi) is 27.2. The molecule has 0 saturated carbocycles. The van der Waals surface area contributed by atoms with E-state index in [-0.39, 0.29) is 12.1 Å². The number of hydrogen-bond donors (Lipinski definition) is 4. The number of rotatable bonds is 32. The first kappa shape index (κ1) is 46.1. The third-order valence-electron chi connectivity index (χ3n) is 10.0. The topological polar surface area (TPSA) is 88.7 Å². The van der Waals surface area contributed by atoms with Crippen LogP contribution in [0.15, 0.2) is 48.5 Å². The molecule has 0 atom stereocenters.